The number of nitrogens with two attached hydrogens (primary N) is 1. The van der Waals surface area contributed by atoms with Crippen molar-refractivity contribution in [1.82, 2.24) is 4.98 Å². The minimum atomic E-state index is -0.462. The fraction of sp³-hybridized carbons (Fsp3) is 0.118. The maximum atomic E-state index is 10.5. The Bertz CT molecular complexity index is 858. The molecule has 0 aliphatic rings. The molecule has 3 rings (SSSR count). The number of nitrogens with zero attached hydrogens (tertiary/aromatic N) is 2. The lowest BCUT2D eigenvalue weighted by atomic mass is 10.2. The van der Waals surface area contributed by atoms with Gasteiger partial charge >= 0.3 is 0 Å². The van der Waals surface area contributed by atoms with Gasteiger partial charge in [0, 0.05) is 29.3 Å². The number of methoxy groups -OCH3 is 2. The molecule has 1 aromatic heterocycles. The van der Waals surface area contributed by atoms with Gasteiger partial charge in [0.15, 0.2) is 0 Å². The molecule has 132 valence electrons. The summed E-state index contributed by atoms with van der Waals surface area (Å²) in [6.07, 6.45) is 1.24. The number of hydrogen-bond acceptors (Lipinski definition) is 6. The second kappa shape index (κ2) is 9.29. The lowest BCUT2D eigenvalue weighted by Gasteiger charge is -2.01. The fourth-order valence-corrected chi connectivity index (χ4v) is 1.96. The van der Waals surface area contributed by atoms with Gasteiger partial charge in [0.25, 0.3) is 5.69 Å². The van der Waals surface area contributed by atoms with Crippen LogP contribution in [0, 0.1) is 10.1 Å². The second-order valence-corrected chi connectivity index (χ2v) is 4.79. The molecule has 0 spiro atoms. The smallest absolute Gasteiger partial charge is 0.288 e. The van der Waals surface area contributed by atoms with Gasteiger partial charge in [-0.15, -0.1) is 12.4 Å². The average molecular weight is 364 g/mol. The van der Waals surface area contributed by atoms with E-state index in [1.54, 1.807) is 38.5 Å². The molecule has 0 fully saturated rings. The van der Waals surface area contributed by atoms with Crippen LogP contribution < -0.4 is 15.2 Å². The molecule has 2 aromatic carbocycles. The molecule has 1 heterocycles. The van der Waals surface area contributed by atoms with Crippen molar-refractivity contribution in [1.29, 1.82) is 0 Å². The Kier molecular flexibility index (Phi) is 7.43. The van der Waals surface area contributed by atoms with Crippen LogP contribution in [-0.2, 0) is 0 Å². The van der Waals surface area contributed by atoms with Crippen LogP contribution in [0.1, 0.15) is 0 Å². The van der Waals surface area contributed by atoms with Crippen LogP contribution in [0.4, 0.5) is 11.4 Å². The summed E-state index contributed by atoms with van der Waals surface area (Å²) in [6.45, 7) is 0. The van der Waals surface area contributed by atoms with E-state index in [4.69, 9.17) is 15.2 Å². The van der Waals surface area contributed by atoms with Gasteiger partial charge in [-0.2, -0.15) is 0 Å². The number of anilines is 1. The lowest BCUT2D eigenvalue weighted by molar-refractivity contribution is -0.385. The molecule has 0 atom stereocenters. The van der Waals surface area contributed by atoms with Crippen LogP contribution in [0.5, 0.6) is 11.5 Å². The van der Waals surface area contributed by atoms with Crippen molar-refractivity contribution in [3.8, 4) is 11.5 Å². The monoisotopic (exact) mass is 363 g/mol. The maximum Gasteiger partial charge on any atom is 0.288 e. The third-order valence-corrected chi connectivity index (χ3v) is 3.18. The Labute approximate surface area is 150 Å². The molecule has 0 radical (unpaired) electrons. The first kappa shape index (κ1) is 20.0. The molecular formula is C17H18ClN3O4. The molecule has 0 saturated carbocycles. The highest BCUT2D eigenvalue weighted by molar-refractivity contribution is 5.85. The predicted octanol–water partition coefficient (Wildman–Crippen LogP) is 3.85. The summed E-state index contributed by atoms with van der Waals surface area (Å²) in [4.78, 5) is 14.0. The molecule has 0 amide bonds. The first-order chi connectivity index (χ1) is 11.5. The van der Waals surface area contributed by atoms with E-state index in [1.807, 2.05) is 18.2 Å². The number of nitro groups is 1. The second-order valence-electron chi connectivity index (χ2n) is 4.79. The molecule has 25 heavy (non-hydrogen) atoms. The first-order valence-electron chi connectivity index (χ1n) is 7.01. The number of halogens is 1. The van der Waals surface area contributed by atoms with Crippen LogP contribution in [0.15, 0.2) is 54.7 Å². The zero-order valence-corrected chi connectivity index (χ0v) is 14.5. The van der Waals surface area contributed by atoms with Crippen molar-refractivity contribution in [3.05, 3.63) is 64.8 Å². The van der Waals surface area contributed by atoms with Crippen LogP contribution in [0.25, 0.3) is 10.9 Å². The van der Waals surface area contributed by atoms with Gasteiger partial charge < -0.3 is 15.2 Å². The fourth-order valence-electron chi connectivity index (χ4n) is 1.96. The highest BCUT2D eigenvalue weighted by atomic mass is 35.5. The lowest BCUT2D eigenvalue weighted by Crippen LogP contribution is -1.90. The third kappa shape index (κ3) is 5.50. The largest absolute Gasteiger partial charge is 0.497 e. The molecular weight excluding hydrogens is 346 g/mol. The Balaban J connectivity index is 0.000000270. The quantitative estimate of drug-likeness (QED) is 0.431. The average Bonchev–Trinajstić information content (AvgIpc) is 2.61. The highest BCUT2D eigenvalue weighted by Gasteiger charge is 2.07. The molecule has 3 aromatic rings. The van der Waals surface area contributed by atoms with Crippen LogP contribution in [0.3, 0.4) is 0 Å². The molecule has 0 aliphatic heterocycles. The van der Waals surface area contributed by atoms with E-state index in [1.165, 1.54) is 12.3 Å². The summed E-state index contributed by atoms with van der Waals surface area (Å²) in [5.41, 5.74) is 6.86. The number of benzene rings is 2. The van der Waals surface area contributed by atoms with Crippen LogP contribution >= 0.6 is 12.4 Å². The zero-order valence-electron chi connectivity index (χ0n) is 13.7. The minimum Gasteiger partial charge on any atom is -0.497 e. The van der Waals surface area contributed by atoms with Gasteiger partial charge in [0.2, 0.25) is 0 Å². The van der Waals surface area contributed by atoms with Crippen LogP contribution in [-0.4, -0.2) is 24.1 Å². The van der Waals surface area contributed by atoms with Crippen molar-refractivity contribution in [3.63, 3.8) is 0 Å². The van der Waals surface area contributed by atoms with Crippen molar-refractivity contribution < 1.29 is 14.4 Å². The summed E-state index contributed by atoms with van der Waals surface area (Å²) in [7, 11) is 3.18. The van der Waals surface area contributed by atoms with Crippen molar-refractivity contribution >= 4 is 34.7 Å². The van der Waals surface area contributed by atoms with E-state index in [2.05, 4.69) is 4.98 Å². The molecule has 7 nitrogen and oxygen atoms in total. The van der Waals surface area contributed by atoms with E-state index >= 15 is 0 Å². The number of fused-ring (bicyclic) bond motifs is 1. The maximum absolute atomic E-state index is 10.5. The van der Waals surface area contributed by atoms with E-state index in [-0.39, 0.29) is 18.1 Å². The molecule has 0 bridgehead atoms. The zero-order chi connectivity index (χ0) is 17.5. The molecule has 0 unspecified atom stereocenters. The van der Waals surface area contributed by atoms with Gasteiger partial charge in [-0.1, -0.05) is 6.07 Å². The molecule has 0 aliphatic carbocycles. The van der Waals surface area contributed by atoms with Crippen molar-refractivity contribution in [2.45, 2.75) is 0 Å². The SMILES string of the molecule is COc1ccc2cc([N+](=O)[O-])cnc2c1.COc1cccc(N)c1.Cl. The summed E-state index contributed by atoms with van der Waals surface area (Å²) in [5, 5.41) is 11.2. The summed E-state index contributed by atoms with van der Waals surface area (Å²) in [5.74, 6) is 1.49. The Morgan fingerprint density at radius 1 is 1.04 bits per heavy atom. The van der Waals surface area contributed by atoms with Crippen molar-refractivity contribution in [2.24, 2.45) is 0 Å². The van der Waals surface area contributed by atoms with Gasteiger partial charge in [-0.3, -0.25) is 10.1 Å². The van der Waals surface area contributed by atoms with E-state index in [0.29, 0.717) is 11.3 Å². The Morgan fingerprint density at radius 2 is 1.72 bits per heavy atom. The van der Waals surface area contributed by atoms with Gasteiger partial charge in [0.1, 0.15) is 17.7 Å². The number of rotatable bonds is 3. The number of aromatic nitrogens is 1. The normalized spacial score (nSPS) is 9.36. The Hall–Kier alpha value is -3.06. The molecule has 8 heteroatoms. The topological polar surface area (TPSA) is 101 Å². The third-order valence-electron chi connectivity index (χ3n) is 3.18. The van der Waals surface area contributed by atoms with Gasteiger partial charge in [-0.05, 0) is 24.3 Å². The number of hydrogen-bond donors (Lipinski definition) is 1. The number of pyridine rings is 1. The molecule has 0 saturated heterocycles. The number of ether oxygens (including phenoxy) is 2. The van der Waals surface area contributed by atoms with E-state index in [9.17, 15) is 10.1 Å². The van der Waals surface area contributed by atoms with Gasteiger partial charge in [-0.25, -0.2) is 4.98 Å². The summed E-state index contributed by atoms with van der Waals surface area (Å²) in [6, 6.07) is 14.0. The molecule has 2 N–H and O–H groups in total. The minimum absolute atomic E-state index is 0. The van der Waals surface area contributed by atoms with Gasteiger partial charge in [0.05, 0.1) is 24.7 Å². The van der Waals surface area contributed by atoms with Crippen molar-refractivity contribution in [2.75, 3.05) is 20.0 Å². The number of nitrogen functional groups attached to an aromatic ring is 1. The van der Waals surface area contributed by atoms with E-state index < -0.39 is 4.92 Å². The van der Waals surface area contributed by atoms with Crippen LogP contribution in [0.2, 0.25) is 0 Å². The summed E-state index contributed by atoms with van der Waals surface area (Å²) >= 11 is 0. The first-order valence-corrected chi connectivity index (χ1v) is 7.01. The Morgan fingerprint density at radius 3 is 2.28 bits per heavy atom. The van der Waals surface area contributed by atoms with E-state index in [0.717, 1.165) is 16.8 Å². The highest BCUT2D eigenvalue weighted by Crippen LogP contribution is 2.22. The standard InChI is InChI=1S/C10H8N2O3.C7H9NO.ClH/c1-15-9-3-2-7-4-8(12(13)14)6-11-10(7)5-9;1-9-7-4-2-3-6(8)5-7;/h2-6H,1H3;2-5H,8H2,1H3;1H. The summed E-state index contributed by atoms with van der Waals surface area (Å²) < 4.78 is 9.94. The predicted molar refractivity (Wildman–Crippen MR) is 99.6 cm³/mol.